The number of aromatic amines is 1. The molecule has 0 aliphatic carbocycles. The van der Waals surface area contributed by atoms with Crippen LogP contribution in [0.3, 0.4) is 0 Å². The Kier molecular flexibility index (Phi) is 5.48. The number of ether oxygens (including phenoxy) is 1. The number of aryl methyl sites for hydroxylation is 2. The summed E-state index contributed by atoms with van der Waals surface area (Å²) in [6, 6.07) is 8.76. The lowest BCUT2D eigenvalue weighted by atomic mass is 10.1. The van der Waals surface area contributed by atoms with Crippen LogP contribution in [0.15, 0.2) is 43.0 Å². The zero-order valence-corrected chi connectivity index (χ0v) is 15.7. The highest BCUT2D eigenvalue weighted by Gasteiger charge is 2.28. The summed E-state index contributed by atoms with van der Waals surface area (Å²) in [6.45, 7) is 5.58. The Morgan fingerprint density at radius 1 is 1.26 bits per heavy atom. The molecule has 3 aromatic rings. The van der Waals surface area contributed by atoms with E-state index >= 15 is 0 Å². The molecule has 7 nitrogen and oxygen atoms in total. The molecule has 0 unspecified atom stereocenters. The number of likely N-dealkylation sites (tertiary alicyclic amines) is 1. The number of benzene rings is 1. The number of nitrogens with zero attached hydrogens (tertiary/aromatic N) is 5. The number of rotatable bonds is 8. The predicted molar refractivity (Wildman–Crippen MR) is 102 cm³/mol. The second-order valence-electron chi connectivity index (χ2n) is 7.05. The van der Waals surface area contributed by atoms with Crippen molar-refractivity contribution in [1.82, 2.24) is 29.6 Å². The van der Waals surface area contributed by atoms with Crippen molar-refractivity contribution < 1.29 is 4.74 Å². The quantitative estimate of drug-likeness (QED) is 0.620. The normalized spacial score (nSPS) is 17.4. The van der Waals surface area contributed by atoms with Gasteiger partial charge in [0.2, 0.25) is 0 Å². The van der Waals surface area contributed by atoms with Gasteiger partial charge < -0.3 is 9.30 Å². The molecule has 3 heterocycles. The molecule has 1 fully saturated rings. The van der Waals surface area contributed by atoms with Crippen LogP contribution in [0.1, 0.15) is 42.5 Å². The fraction of sp³-hybridized carbons (Fsp3) is 0.450. The minimum absolute atomic E-state index is 0.314. The number of hydrogen-bond acceptors (Lipinski definition) is 5. The Bertz CT molecular complexity index is 827. The number of H-pyrrole nitrogens is 1. The molecule has 1 saturated heterocycles. The molecule has 1 aliphatic rings. The van der Waals surface area contributed by atoms with E-state index in [2.05, 4.69) is 53.9 Å². The summed E-state index contributed by atoms with van der Waals surface area (Å²) in [4.78, 5) is 11.0. The van der Waals surface area contributed by atoms with E-state index in [-0.39, 0.29) is 0 Å². The molecular weight excluding hydrogens is 340 g/mol. The SMILES string of the molecule is Cc1nc([C@H]2CCCN2Cc2ccc(OCCCn3ccnc3)cc2)n[nH]1. The van der Waals surface area contributed by atoms with Gasteiger partial charge in [0.05, 0.1) is 19.0 Å². The third-order valence-corrected chi connectivity index (χ3v) is 4.97. The van der Waals surface area contributed by atoms with Crippen LogP contribution in [0, 0.1) is 6.92 Å². The summed E-state index contributed by atoms with van der Waals surface area (Å²) in [5.74, 6) is 2.72. The van der Waals surface area contributed by atoms with E-state index in [9.17, 15) is 0 Å². The molecule has 2 aromatic heterocycles. The lowest BCUT2D eigenvalue weighted by molar-refractivity contribution is 0.240. The summed E-state index contributed by atoms with van der Waals surface area (Å²) in [7, 11) is 0. The van der Waals surface area contributed by atoms with Crippen molar-refractivity contribution in [2.75, 3.05) is 13.2 Å². The number of nitrogens with one attached hydrogen (secondary N) is 1. The highest BCUT2D eigenvalue weighted by atomic mass is 16.5. The van der Waals surface area contributed by atoms with Gasteiger partial charge in [0.1, 0.15) is 11.6 Å². The molecule has 142 valence electrons. The second-order valence-corrected chi connectivity index (χ2v) is 7.05. The number of aromatic nitrogens is 5. The minimum atomic E-state index is 0.314. The molecule has 27 heavy (non-hydrogen) atoms. The van der Waals surface area contributed by atoms with Crippen molar-refractivity contribution in [3.63, 3.8) is 0 Å². The minimum Gasteiger partial charge on any atom is -0.494 e. The van der Waals surface area contributed by atoms with E-state index in [4.69, 9.17) is 4.74 Å². The summed E-state index contributed by atoms with van der Waals surface area (Å²) in [5.41, 5.74) is 1.29. The molecule has 1 aromatic carbocycles. The van der Waals surface area contributed by atoms with Gasteiger partial charge in [0.15, 0.2) is 5.82 Å². The summed E-state index contributed by atoms with van der Waals surface area (Å²) >= 11 is 0. The average molecular weight is 366 g/mol. The van der Waals surface area contributed by atoms with Crippen molar-refractivity contribution in [2.45, 2.75) is 45.3 Å². The first-order valence-corrected chi connectivity index (χ1v) is 9.58. The van der Waals surface area contributed by atoms with Gasteiger partial charge in [-0.2, -0.15) is 5.10 Å². The van der Waals surface area contributed by atoms with Crippen molar-refractivity contribution in [2.24, 2.45) is 0 Å². The smallest absolute Gasteiger partial charge is 0.167 e. The van der Waals surface area contributed by atoms with Crippen LogP contribution in [0.25, 0.3) is 0 Å². The molecule has 1 aliphatic heterocycles. The Hall–Kier alpha value is -2.67. The third kappa shape index (κ3) is 4.54. The maximum Gasteiger partial charge on any atom is 0.167 e. The van der Waals surface area contributed by atoms with E-state index in [0.29, 0.717) is 12.6 Å². The first-order chi connectivity index (χ1) is 13.3. The lowest BCUT2D eigenvalue weighted by Crippen LogP contribution is -2.23. The van der Waals surface area contributed by atoms with Gasteiger partial charge in [0, 0.05) is 25.5 Å². The van der Waals surface area contributed by atoms with Crippen LogP contribution in [-0.4, -0.2) is 42.8 Å². The average Bonchev–Trinajstić information content (AvgIpc) is 3.42. The van der Waals surface area contributed by atoms with Gasteiger partial charge in [0.25, 0.3) is 0 Å². The van der Waals surface area contributed by atoms with E-state index in [0.717, 1.165) is 49.9 Å². The third-order valence-electron chi connectivity index (χ3n) is 4.97. The summed E-state index contributed by atoms with van der Waals surface area (Å²) < 4.78 is 7.92. The number of hydrogen-bond donors (Lipinski definition) is 1. The van der Waals surface area contributed by atoms with E-state index in [1.807, 2.05) is 19.4 Å². The molecule has 1 atom stereocenters. The first kappa shape index (κ1) is 17.7. The fourth-order valence-corrected chi connectivity index (χ4v) is 3.60. The predicted octanol–water partition coefficient (Wildman–Crippen LogP) is 3.12. The van der Waals surface area contributed by atoms with Crippen LogP contribution >= 0.6 is 0 Å². The Morgan fingerprint density at radius 2 is 2.15 bits per heavy atom. The van der Waals surface area contributed by atoms with Crippen LogP contribution in [-0.2, 0) is 13.1 Å². The first-order valence-electron chi connectivity index (χ1n) is 9.58. The topological polar surface area (TPSA) is 71.9 Å². The van der Waals surface area contributed by atoms with Gasteiger partial charge in [-0.05, 0) is 50.4 Å². The maximum absolute atomic E-state index is 5.85. The van der Waals surface area contributed by atoms with Crippen LogP contribution in [0.5, 0.6) is 5.75 Å². The van der Waals surface area contributed by atoms with Gasteiger partial charge in [-0.25, -0.2) is 9.97 Å². The summed E-state index contributed by atoms with van der Waals surface area (Å²) in [6.07, 6.45) is 8.88. The van der Waals surface area contributed by atoms with E-state index < -0.39 is 0 Å². The highest BCUT2D eigenvalue weighted by Crippen LogP contribution is 2.31. The van der Waals surface area contributed by atoms with Crippen molar-refractivity contribution in [3.8, 4) is 5.75 Å². The van der Waals surface area contributed by atoms with Crippen LogP contribution in [0.2, 0.25) is 0 Å². The summed E-state index contributed by atoms with van der Waals surface area (Å²) in [5, 5.41) is 7.32. The molecule has 1 N–H and O–H groups in total. The molecule has 0 spiro atoms. The maximum atomic E-state index is 5.85. The zero-order valence-electron chi connectivity index (χ0n) is 15.7. The Morgan fingerprint density at radius 3 is 2.89 bits per heavy atom. The standard InChI is InChI=1S/C20H26N6O/c1-16-22-20(24-23-16)19-4-2-11-26(19)14-17-5-7-18(8-6-17)27-13-3-10-25-12-9-21-15-25/h5-9,12,15,19H,2-4,10-11,13-14H2,1H3,(H,22,23,24)/t19-/m1/s1. The fourth-order valence-electron chi connectivity index (χ4n) is 3.60. The lowest BCUT2D eigenvalue weighted by Gasteiger charge is -2.22. The van der Waals surface area contributed by atoms with Gasteiger partial charge in [-0.3, -0.25) is 10.00 Å². The molecule has 0 amide bonds. The Balaban J connectivity index is 1.27. The van der Waals surface area contributed by atoms with Crippen LogP contribution in [0.4, 0.5) is 0 Å². The molecule has 0 saturated carbocycles. The monoisotopic (exact) mass is 366 g/mol. The van der Waals surface area contributed by atoms with Gasteiger partial charge >= 0.3 is 0 Å². The molecular formula is C20H26N6O. The molecule has 7 heteroatoms. The Labute approximate surface area is 159 Å². The van der Waals surface area contributed by atoms with Gasteiger partial charge in [-0.1, -0.05) is 12.1 Å². The second kappa shape index (κ2) is 8.35. The van der Waals surface area contributed by atoms with Crippen LogP contribution < -0.4 is 4.74 Å². The van der Waals surface area contributed by atoms with E-state index in [1.54, 1.807) is 6.20 Å². The molecule has 4 rings (SSSR count). The van der Waals surface area contributed by atoms with E-state index in [1.165, 1.54) is 12.0 Å². The number of imidazole rings is 1. The van der Waals surface area contributed by atoms with Crippen molar-refractivity contribution in [3.05, 3.63) is 60.2 Å². The molecule has 0 radical (unpaired) electrons. The highest BCUT2D eigenvalue weighted by molar-refractivity contribution is 5.27. The van der Waals surface area contributed by atoms with Crippen molar-refractivity contribution in [1.29, 1.82) is 0 Å². The zero-order chi connectivity index (χ0) is 18.5. The van der Waals surface area contributed by atoms with Gasteiger partial charge in [-0.15, -0.1) is 0 Å². The molecule has 0 bridgehead atoms. The largest absolute Gasteiger partial charge is 0.494 e. The van der Waals surface area contributed by atoms with Crippen molar-refractivity contribution >= 4 is 0 Å².